The number of hydrogen-bond donors (Lipinski definition) is 0. The fraction of sp³-hybridized carbons (Fsp3) is 0.429. The highest BCUT2D eigenvalue weighted by Gasteiger charge is 2.11. The average molecular weight is 278 g/mol. The molecule has 0 radical (unpaired) electrons. The van der Waals surface area contributed by atoms with Crippen molar-refractivity contribution in [2.45, 2.75) is 6.54 Å². The van der Waals surface area contributed by atoms with Crippen molar-refractivity contribution in [2.75, 3.05) is 34.0 Å². The van der Waals surface area contributed by atoms with E-state index in [0.717, 1.165) is 11.0 Å². The van der Waals surface area contributed by atoms with Crippen molar-refractivity contribution in [2.24, 2.45) is 0 Å². The van der Waals surface area contributed by atoms with E-state index in [-0.39, 0.29) is 6.61 Å². The largest absolute Gasteiger partial charge is 0.459 e. The Balaban J connectivity index is 2.16. The lowest BCUT2D eigenvalue weighted by Crippen LogP contribution is -2.12. The summed E-state index contributed by atoms with van der Waals surface area (Å²) in [4.78, 5) is 16.2. The summed E-state index contributed by atoms with van der Waals surface area (Å²) in [6.07, 6.45) is 1.93. The summed E-state index contributed by atoms with van der Waals surface area (Å²) in [5.74, 6) is -0.441. The maximum atomic E-state index is 11.8. The van der Waals surface area contributed by atoms with E-state index in [1.54, 1.807) is 20.3 Å². The molecule has 0 amide bonds. The van der Waals surface area contributed by atoms with Crippen LogP contribution in [0.15, 0.2) is 24.4 Å². The summed E-state index contributed by atoms with van der Waals surface area (Å²) in [5, 5.41) is 0.981. The standard InChI is InChI=1S/C14H18N2O4/c1-18-8-7-16-6-5-11-3-4-12(15-13(11)16)14(17)20-10-9-19-2/h3-6H,7-10H2,1-2H3. The number of aromatic nitrogens is 2. The van der Waals surface area contributed by atoms with Crippen molar-refractivity contribution in [3.63, 3.8) is 0 Å². The van der Waals surface area contributed by atoms with Gasteiger partial charge in [0.2, 0.25) is 0 Å². The second-order valence-electron chi connectivity index (χ2n) is 4.24. The molecule has 0 aliphatic carbocycles. The summed E-state index contributed by atoms with van der Waals surface area (Å²) in [7, 11) is 3.21. The summed E-state index contributed by atoms with van der Waals surface area (Å²) in [5.41, 5.74) is 1.05. The predicted molar refractivity (Wildman–Crippen MR) is 73.8 cm³/mol. The highest BCUT2D eigenvalue weighted by molar-refractivity contribution is 5.90. The average Bonchev–Trinajstić information content (AvgIpc) is 2.87. The minimum atomic E-state index is -0.441. The molecule has 20 heavy (non-hydrogen) atoms. The van der Waals surface area contributed by atoms with Gasteiger partial charge in [0.15, 0.2) is 5.69 Å². The SMILES string of the molecule is COCCOC(=O)c1ccc2ccn(CCOC)c2n1. The molecule has 6 nitrogen and oxygen atoms in total. The highest BCUT2D eigenvalue weighted by atomic mass is 16.6. The number of esters is 1. The second-order valence-corrected chi connectivity index (χ2v) is 4.24. The fourth-order valence-corrected chi connectivity index (χ4v) is 1.84. The van der Waals surface area contributed by atoms with Gasteiger partial charge in [0.05, 0.1) is 13.2 Å². The van der Waals surface area contributed by atoms with E-state index in [0.29, 0.717) is 25.5 Å². The van der Waals surface area contributed by atoms with Crippen LogP contribution in [-0.2, 0) is 20.8 Å². The highest BCUT2D eigenvalue weighted by Crippen LogP contribution is 2.14. The Morgan fingerprint density at radius 1 is 1.15 bits per heavy atom. The van der Waals surface area contributed by atoms with Gasteiger partial charge in [0.1, 0.15) is 12.3 Å². The predicted octanol–water partition coefficient (Wildman–Crippen LogP) is 1.49. The van der Waals surface area contributed by atoms with E-state index >= 15 is 0 Å². The van der Waals surface area contributed by atoms with Gasteiger partial charge in [-0.1, -0.05) is 0 Å². The molecule has 0 aliphatic rings. The Morgan fingerprint density at radius 3 is 2.70 bits per heavy atom. The molecular weight excluding hydrogens is 260 g/mol. The van der Waals surface area contributed by atoms with E-state index in [1.165, 1.54) is 0 Å². The third kappa shape index (κ3) is 3.34. The first-order chi connectivity index (χ1) is 9.76. The van der Waals surface area contributed by atoms with Crippen molar-refractivity contribution < 1.29 is 19.0 Å². The van der Waals surface area contributed by atoms with Gasteiger partial charge < -0.3 is 18.8 Å². The van der Waals surface area contributed by atoms with Crippen molar-refractivity contribution >= 4 is 17.0 Å². The molecule has 0 saturated heterocycles. The molecule has 2 rings (SSSR count). The molecule has 0 fully saturated rings. The number of pyridine rings is 1. The number of carbonyl (C=O) groups excluding carboxylic acids is 1. The van der Waals surface area contributed by atoms with Crippen LogP contribution < -0.4 is 0 Å². The van der Waals surface area contributed by atoms with E-state index in [4.69, 9.17) is 14.2 Å². The van der Waals surface area contributed by atoms with Crippen molar-refractivity contribution in [3.8, 4) is 0 Å². The Labute approximate surface area is 117 Å². The van der Waals surface area contributed by atoms with E-state index in [1.807, 2.05) is 22.9 Å². The lowest BCUT2D eigenvalue weighted by Gasteiger charge is -2.06. The first-order valence-electron chi connectivity index (χ1n) is 6.37. The van der Waals surface area contributed by atoms with Crippen LogP contribution in [0.2, 0.25) is 0 Å². The maximum Gasteiger partial charge on any atom is 0.357 e. The number of rotatable bonds is 7. The molecule has 2 aromatic heterocycles. The van der Waals surface area contributed by atoms with Crippen LogP contribution in [0.5, 0.6) is 0 Å². The van der Waals surface area contributed by atoms with Crippen LogP contribution in [0.1, 0.15) is 10.5 Å². The van der Waals surface area contributed by atoms with Gasteiger partial charge in [-0.25, -0.2) is 9.78 Å². The molecule has 2 heterocycles. The van der Waals surface area contributed by atoms with E-state index in [9.17, 15) is 4.79 Å². The van der Waals surface area contributed by atoms with Gasteiger partial charge in [0, 0.05) is 32.3 Å². The molecular formula is C14H18N2O4. The summed E-state index contributed by atoms with van der Waals surface area (Å²) >= 11 is 0. The summed E-state index contributed by atoms with van der Waals surface area (Å²) in [6.45, 7) is 1.88. The van der Waals surface area contributed by atoms with E-state index < -0.39 is 5.97 Å². The third-order valence-corrected chi connectivity index (χ3v) is 2.88. The smallest absolute Gasteiger partial charge is 0.357 e. The normalized spacial score (nSPS) is 10.9. The zero-order chi connectivity index (χ0) is 14.4. The van der Waals surface area contributed by atoms with Crippen molar-refractivity contribution in [1.29, 1.82) is 0 Å². The fourth-order valence-electron chi connectivity index (χ4n) is 1.84. The molecule has 108 valence electrons. The van der Waals surface area contributed by atoms with Crippen LogP contribution in [0.25, 0.3) is 11.0 Å². The van der Waals surface area contributed by atoms with Crippen molar-refractivity contribution in [3.05, 3.63) is 30.1 Å². The molecule has 0 bridgehead atoms. The Hall–Kier alpha value is -1.92. The molecule has 0 N–H and O–H groups in total. The number of nitrogens with zero attached hydrogens (tertiary/aromatic N) is 2. The van der Waals surface area contributed by atoms with Crippen LogP contribution in [0.4, 0.5) is 0 Å². The maximum absolute atomic E-state index is 11.8. The minimum Gasteiger partial charge on any atom is -0.459 e. The Bertz CT molecular complexity index is 580. The number of methoxy groups -OCH3 is 2. The molecule has 0 unspecified atom stereocenters. The quantitative estimate of drug-likeness (QED) is 0.567. The Kier molecular flexibility index (Phi) is 5.09. The molecule has 2 aromatic rings. The van der Waals surface area contributed by atoms with Crippen LogP contribution in [0.3, 0.4) is 0 Å². The lowest BCUT2D eigenvalue weighted by atomic mass is 10.3. The first-order valence-corrected chi connectivity index (χ1v) is 6.37. The van der Waals surface area contributed by atoms with E-state index in [2.05, 4.69) is 4.98 Å². The second kappa shape index (κ2) is 7.02. The van der Waals surface area contributed by atoms with Gasteiger partial charge in [-0.05, 0) is 18.2 Å². The van der Waals surface area contributed by atoms with Crippen molar-refractivity contribution in [1.82, 2.24) is 9.55 Å². The molecule has 0 spiro atoms. The van der Waals surface area contributed by atoms with Gasteiger partial charge in [-0.3, -0.25) is 0 Å². The summed E-state index contributed by atoms with van der Waals surface area (Å²) < 4.78 is 16.9. The van der Waals surface area contributed by atoms with Crippen LogP contribution >= 0.6 is 0 Å². The topological polar surface area (TPSA) is 62.6 Å². The molecule has 0 atom stereocenters. The number of ether oxygens (including phenoxy) is 3. The molecule has 6 heteroatoms. The van der Waals surface area contributed by atoms with Gasteiger partial charge in [-0.15, -0.1) is 0 Å². The summed E-state index contributed by atoms with van der Waals surface area (Å²) in [6, 6.07) is 5.48. The molecule has 0 saturated carbocycles. The molecule has 0 aliphatic heterocycles. The van der Waals surface area contributed by atoms with Gasteiger partial charge >= 0.3 is 5.97 Å². The number of carbonyl (C=O) groups is 1. The number of fused-ring (bicyclic) bond motifs is 1. The first kappa shape index (κ1) is 14.5. The lowest BCUT2D eigenvalue weighted by molar-refractivity contribution is 0.0382. The third-order valence-electron chi connectivity index (χ3n) is 2.88. The van der Waals surface area contributed by atoms with Gasteiger partial charge in [0.25, 0.3) is 0 Å². The van der Waals surface area contributed by atoms with Crippen LogP contribution in [0, 0.1) is 0 Å². The number of hydrogen-bond acceptors (Lipinski definition) is 5. The Morgan fingerprint density at radius 2 is 1.95 bits per heavy atom. The van der Waals surface area contributed by atoms with Crippen LogP contribution in [-0.4, -0.2) is 49.6 Å². The van der Waals surface area contributed by atoms with Gasteiger partial charge in [-0.2, -0.15) is 0 Å². The minimum absolute atomic E-state index is 0.222. The molecule has 0 aromatic carbocycles. The zero-order valence-electron chi connectivity index (χ0n) is 11.7. The zero-order valence-corrected chi connectivity index (χ0v) is 11.7. The monoisotopic (exact) mass is 278 g/mol.